The molecule has 1 aromatic carbocycles. The van der Waals surface area contributed by atoms with Gasteiger partial charge >= 0.3 is 0 Å². The second kappa shape index (κ2) is 7.59. The Morgan fingerprint density at radius 1 is 1.38 bits per heavy atom. The summed E-state index contributed by atoms with van der Waals surface area (Å²) in [4.78, 5) is 25.8. The van der Waals surface area contributed by atoms with Crippen molar-refractivity contribution in [3.8, 4) is 5.75 Å². The Labute approximate surface area is 152 Å². The highest BCUT2D eigenvalue weighted by molar-refractivity contribution is 5.94. The quantitative estimate of drug-likeness (QED) is 0.885. The van der Waals surface area contributed by atoms with Crippen LogP contribution in [-0.2, 0) is 18.3 Å². The molecule has 0 spiro atoms. The molecule has 1 N–H and O–H groups in total. The number of hydrogen-bond acceptors (Lipinski definition) is 4. The van der Waals surface area contributed by atoms with Crippen LogP contribution >= 0.6 is 0 Å². The van der Waals surface area contributed by atoms with Crippen LogP contribution in [0.5, 0.6) is 5.75 Å². The number of nitrogens with one attached hydrogen (secondary N) is 1. The number of amides is 2. The number of aromatic nitrogens is 2. The van der Waals surface area contributed by atoms with Crippen molar-refractivity contribution >= 4 is 11.8 Å². The first-order valence-corrected chi connectivity index (χ1v) is 8.70. The average molecular weight is 356 g/mol. The van der Waals surface area contributed by atoms with Gasteiger partial charge in [-0.05, 0) is 37.5 Å². The molecule has 138 valence electrons. The summed E-state index contributed by atoms with van der Waals surface area (Å²) in [6, 6.07) is 6.86. The summed E-state index contributed by atoms with van der Waals surface area (Å²) in [6.07, 6.45) is 4.75. The fourth-order valence-corrected chi connectivity index (χ4v) is 3.10. The van der Waals surface area contributed by atoms with Gasteiger partial charge in [-0.2, -0.15) is 5.10 Å². The molecule has 0 fully saturated rings. The molecule has 0 saturated carbocycles. The van der Waals surface area contributed by atoms with Crippen molar-refractivity contribution < 1.29 is 14.3 Å². The Balaban J connectivity index is 1.67. The maximum atomic E-state index is 12.7. The molecule has 3 rings (SSSR count). The van der Waals surface area contributed by atoms with Gasteiger partial charge in [-0.3, -0.25) is 14.3 Å². The van der Waals surface area contributed by atoms with Crippen molar-refractivity contribution in [3.63, 3.8) is 0 Å². The fourth-order valence-electron chi connectivity index (χ4n) is 3.10. The van der Waals surface area contributed by atoms with Gasteiger partial charge < -0.3 is 15.0 Å². The van der Waals surface area contributed by atoms with E-state index in [2.05, 4.69) is 10.4 Å². The number of ether oxygens (including phenoxy) is 1. The van der Waals surface area contributed by atoms with Crippen molar-refractivity contribution in [2.45, 2.75) is 25.3 Å². The Morgan fingerprint density at radius 3 is 2.96 bits per heavy atom. The summed E-state index contributed by atoms with van der Waals surface area (Å²) in [7, 11) is 5.28. The number of carbonyl (C=O) groups excluding carboxylic acids is 2. The van der Waals surface area contributed by atoms with Gasteiger partial charge in [-0.15, -0.1) is 0 Å². The molecule has 0 saturated heterocycles. The largest absolute Gasteiger partial charge is 0.484 e. The third-order valence-electron chi connectivity index (χ3n) is 4.64. The van der Waals surface area contributed by atoms with E-state index in [1.807, 2.05) is 17.9 Å². The highest BCUT2D eigenvalue weighted by Crippen LogP contribution is 2.29. The molecule has 1 aliphatic rings. The summed E-state index contributed by atoms with van der Waals surface area (Å²) in [5.74, 6) is 0.209. The van der Waals surface area contributed by atoms with E-state index >= 15 is 0 Å². The summed E-state index contributed by atoms with van der Waals surface area (Å²) < 4.78 is 7.36. The SMILES string of the molecule is CN(C)C(=O)COc1cccc(C(=O)NC2CCCc3c2cnn3C)c1. The summed E-state index contributed by atoms with van der Waals surface area (Å²) >= 11 is 0. The lowest BCUT2D eigenvalue weighted by atomic mass is 9.93. The maximum absolute atomic E-state index is 12.7. The molecule has 7 nitrogen and oxygen atoms in total. The van der Waals surface area contributed by atoms with Crippen molar-refractivity contribution in [2.24, 2.45) is 7.05 Å². The van der Waals surface area contributed by atoms with E-state index in [9.17, 15) is 9.59 Å². The van der Waals surface area contributed by atoms with E-state index in [0.717, 1.165) is 24.8 Å². The van der Waals surface area contributed by atoms with Crippen LogP contribution in [0, 0.1) is 0 Å². The van der Waals surface area contributed by atoms with Crippen molar-refractivity contribution in [3.05, 3.63) is 47.3 Å². The third kappa shape index (κ3) is 3.87. The number of aryl methyl sites for hydroxylation is 1. The van der Waals surface area contributed by atoms with Crippen LogP contribution in [0.3, 0.4) is 0 Å². The van der Waals surface area contributed by atoms with Gasteiger partial charge in [0.15, 0.2) is 6.61 Å². The lowest BCUT2D eigenvalue weighted by Gasteiger charge is -2.24. The Bertz CT molecular complexity index is 813. The van der Waals surface area contributed by atoms with E-state index < -0.39 is 0 Å². The molecule has 2 aromatic rings. The number of benzene rings is 1. The first-order valence-electron chi connectivity index (χ1n) is 8.70. The second-order valence-electron chi connectivity index (χ2n) is 6.69. The van der Waals surface area contributed by atoms with Crippen molar-refractivity contribution in [1.29, 1.82) is 0 Å². The average Bonchev–Trinajstić information content (AvgIpc) is 3.02. The number of fused-ring (bicyclic) bond motifs is 1. The summed E-state index contributed by atoms with van der Waals surface area (Å²) in [5.41, 5.74) is 2.78. The van der Waals surface area contributed by atoms with Crippen LogP contribution in [0.1, 0.15) is 40.5 Å². The molecule has 0 radical (unpaired) electrons. The van der Waals surface area contributed by atoms with Crippen LogP contribution in [0.25, 0.3) is 0 Å². The first-order chi connectivity index (χ1) is 12.5. The van der Waals surface area contributed by atoms with Gasteiger partial charge in [-0.1, -0.05) is 6.07 Å². The van der Waals surface area contributed by atoms with E-state index in [-0.39, 0.29) is 24.5 Å². The zero-order chi connectivity index (χ0) is 18.7. The summed E-state index contributed by atoms with van der Waals surface area (Å²) in [6.45, 7) is -0.0558. The standard InChI is InChI=1S/C19H24N4O3/c1-22(2)18(24)12-26-14-7-4-6-13(10-14)19(25)21-16-8-5-9-17-15(16)11-20-23(17)3/h4,6-7,10-11,16H,5,8-9,12H2,1-3H3,(H,21,25). The van der Waals surface area contributed by atoms with Crippen LogP contribution in [0.2, 0.25) is 0 Å². The normalized spacial score (nSPS) is 15.9. The highest BCUT2D eigenvalue weighted by Gasteiger charge is 2.25. The molecule has 1 aromatic heterocycles. The predicted molar refractivity (Wildman–Crippen MR) is 97.0 cm³/mol. The number of hydrogen-bond donors (Lipinski definition) is 1. The number of carbonyl (C=O) groups is 2. The Kier molecular flexibility index (Phi) is 5.25. The number of likely N-dealkylation sites (N-methyl/N-ethyl adjacent to an activating group) is 1. The predicted octanol–water partition coefficient (Wildman–Crippen LogP) is 1.69. The molecule has 1 heterocycles. The van der Waals surface area contributed by atoms with E-state index in [4.69, 9.17) is 4.74 Å². The first kappa shape index (κ1) is 18.0. The lowest BCUT2D eigenvalue weighted by molar-refractivity contribution is -0.130. The van der Waals surface area contributed by atoms with Gasteiger partial charge in [0.1, 0.15) is 5.75 Å². The minimum absolute atomic E-state index is 0.0279. The lowest BCUT2D eigenvalue weighted by Crippen LogP contribution is -2.31. The van der Waals surface area contributed by atoms with E-state index in [1.165, 1.54) is 10.6 Å². The van der Waals surface area contributed by atoms with E-state index in [0.29, 0.717) is 11.3 Å². The molecule has 1 aliphatic carbocycles. The van der Waals surface area contributed by atoms with Gasteiger partial charge in [0.2, 0.25) is 0 Å². The molecule has 0 bridgehead atoms. The Morgan fingerprint density at radius 2 is 2.19 bits per heavy atom. The Hall–Kier alpha value is -2.83. The van der Waals surface area contributed by atoms with Crippen molar-refractivity contribution in [1.82, 2.24) is 20.0 Å². The zero-order valence-corrected chi connectivity index (χ0v) is 15.4. The number of rotatable bonds is 5. The molecule has 0 aliphatic heterocycles. The van der Waals surface area contributed by atoms with E-state index in [1.54, 1.807) is 38.4 Å². The van der Waals surface area contributed by atoms with Crippen molar-refractivity contribution in [2.75, 3.05) is 20.7 Å². The molecule has 1 atom stereocenters. The minimum atomic E-state index is -0.156. The van der Waals surface area contributed by atoms with Crippen LogP contribution in [0.15, 0.2) is 30.5 Å². The molecule has 7 heteroatoms. The summed E-state index contributed by atoms with van der Waals surface area (Å²) in [5, 5.41) is 7.40. The van der Waals surface area contributed by atoms with Gasteiger partial charge in [-0.25, -0.2) is 0 Å². The zero-order valence-electron chi connectivity index (χ0n) is 15.4. The highest BCUT2D eigenvalue weighted by atomic mass is 16.5. The maximum Gasteiger partial charge on any atom is 0.259 e. The van der Waals surface area contributed by atoms with Crippen LogP contribution < -0.4 is 10.1 Å². The molecule has 26 heavy (non-hydrogen) atoms. The third-order valence-corrected chi connectivity index (χ3v) is 4.64. The van der Waals surface area contributed by atoms with Crippen LogP contribution in [0.4, 0.5) is 0 Å². The van der Waals surface area contributed by atoms with Gasteiger partial charge in [0.05, 0.1) is 12.2 Å². The van der Waals surface area contributed by atoms with Gasteiger partial charge in [0.25, 0.3) is 11.8 Å². The second-order valence-corrected chi connectivity index (χ2v) is 6.69. The monoisotopic (exact) mass is 356 g/mol. The molecule has 1 unspecified atom stereocenters. The van der Waals surface area contributed by atoms with Crippen LogP contribution in [-0.4, -0.2) is 47.2 Å². The smallest absolute Gasteiger partial charge is 0.259 e. The molecular weight excluding hydrogens is 332 g/mol. The molecule has 2 amide bonds. The topological polar surface area (TPSA) is 76.5 Å². The molecular formula is C19H24N4O3. The minimum Gasteiger partial charge on any atom is -0.484 e. The fraction of sp³-hybridized carbons (Fsp3) is 0.421. The van der Waals surface area contributed by atoms with Gasteiger partial charge in [0, 0.05) is 38.0 Å². The number of nitrogens with zero attached hydrogens (tertiary/aromatic N) is 3.